The molecule has 2 heterocycles. The normalized spacial score (nSPS) is 14.6. The maximum Gasteiger partial charge on any atom is 0.225 e. The van der Waals surface area contributed by atoms with E-state index in [1.807, 2.05) is 35.2 Å². The van der Waals surface area contributed by atoms with E-state index >= 15 is 0 Å². The molecule has 1 saturated carbocycles. The van der Waals surface area contributed by atoms with Crippen LogP contribution in [0.25, 0.3) is 0 Å². The number of rotatable bonds is 6. The van der Waals surface area contributed by atoms with Gasteiger partial charge in [0.25, 0.3) is 0 Å². The third kappa shape index (κ3) is 3.48. The van der Waals surface area contributed by atoms with Crippen LogP contribution in [0.5, 0.6) is 0 Å². The van der Waals surface area contributed by atoms with Crippen molar-refractivity contribution in [3.63, 3.8) is 0 Å². The number of hydrogen-bond donors (Lipinski definition) is 1. The summed E-state index contributed by atoms with van der Waals surface area (Å²) >= 11 is 1.61. The van der Waals surface area contributed by atoms with E-state index in [1.54, 1.807) is 11.3 Å². The summed E-state index contributed by atoms with van der Waals surface area (Å²) in [7, 11) is 1.98. The molecule has 5 nitrogen and oxygen atoms in total. The van der Waals surface area contributed by atoms with Crippen LogP contribution >= 0.6 is 11.3 Å². The minimum absolute atomic E-state index is 0.715. The van der Waals surface area contributed by atoms with Crippen LogP contribution in [-0.4, -0.2) is 28.0 Å². The second kappa shape index (κ2) is 5.63. The van der Waals surface area contributed by atoms with Gasteiger partial charge in [0, 0.05) is 43.0 Å². The molecule has 0 unspecified atom stereocenters. The average molecular weight is 275 g/mol. The number of anilines is 1. The molecule has 0 radical (unpaired) electrons. The zero-order chi connectivity index (χ0) is 13.1. The summed E-state index contributed by atoms with van der Waals surface area (Å²) in [6, 6.07) is 0.715. The van der Waals surface area contributed by atoms with E-state index in [1.165, 1.54) is 12.8 Å². The first-order valence-corrected chi connectivity index (χ1v) is 7.38. The fourth-order valence-corrected chi connectivity index (χ4v) is 2.36. The highest BCUT2D eigenvalue weighted by Gasteiger charge is 2.20. The minimum Gasteiger partial charge on any atom is -0.338 e. The molecular formula is C13H17N5S. The van der Waals surface area contributed by atoms with Gasteiger partial charge in [0.05, 0.1) is 17.7 Å². The second-order valence-electron chi connectivity index (χ2n) is 4.88. The van der Waals surface area contributed by atoms with Gasteiger partial charge in [-0.3, -0.25) is 0 Å². The van der Waals surface area contributed by atoms with Crippen molar-refractivity contribution >= 4 is 17.3 Å². The third-order valence-electron chi connectivity index (χ3n) is 3.09. The number of thiazole rings is 1. The molecule has 1 N–H and O–H groups in total. The maximum atomic E-state index is 4.41. The number of hydrogen-bond acceptors (Lipinski definition) is 6. The van der Waals surface area contributed by atoms with Crippen molar-refractivity contribution in [3.8, 4) is 0 Å². The summed E-state index contributed by atoms with van der Waals surface area (Å²) in [5.41, 5.74) is 4.03. The van der Waals surface area contributed by atoms with Crippen molar-refractivity contribution in [1.82, 2.24) is 20.3 Å². The Bertz CT molecular complexity index is 506. The molecule has 0 atom stereocenters. The van der Waals surface area contributed by atoms with Gasteiger partial charge in [0.15, 0.2) is 0 Å². The van der Waals surface area contributed by atoms with Gasteiger partial charge in [0.2, 0.25) is 5.95 Å². The lowest BCUT2D eigenvalue weighted by atomic mass is 10.3. The molecule has 1 fully saturated rings. The van der Waals surface area contributed by atoms with Gasteiger partial charge in [-0.15, -0.1) is 11.3 Å². The molecular weight excluding hydrogens is 258 g/mol. The Hall–Kier alpha value is -1.53. The molecule has 6 heteroatoms. The lowest BCUT2D eigenvalue weighted by molar-refractivity contribution is 0.682. The molecule has 2 aromatic heterocycles. The molecule has 0 saturated heterocycles. The Balaban J connectivity index is 1.57. The van der Waals surface area contributed by atoms with Crippen LogP contribution in [0.4, 0.5) is 5.95 Å². The third-order valence-corrected chi connectivity index (χ3v) is 3.72. The van der Waals surface area contributed by atoms with Gasteiger partial charge >= 0.3 is 0 Å². The zero-order valence-corrected chi connectivity index (χ0v) is 11.7. The fourth-order valence-electron chi connectivity index (χ4n) is 1.82. The quantitative estimate of drug-likeness (QED) is 0.871. The fraction of sp³-hybridized carbons (Fsp3) is 0.462. The molecule has 3 rings (SSSR count). The van der Waals surface area contributed by atoms with Gasteiger partial charge in [-0.2, -0.15) is 0 Å². The number of nitrogens with one attached hydrogen (secondary N) is 1. The summed E-state index contributed by atoms with van der Waals surface area (Å²) in [4.78, 5) is 15.1. The molecule has 1 aliphatic carbocycles. The molecule has 0 bridgehead atoms. The minimum atomic E-state index is 0.715. The van der Waals surface area contributed by atoms with Crippen LogP contribution in [-0.2, 0) is 13.1 Å². The highest BCUT2D eigenvalue weighted by Crippen LogP contribution is 2.19. The molecule has 0 aliphatic heterocycles. The SMILES string of the molecule is CN(Cc1cscn1)c1ncc(CNC2CC2)cn1. The van der Waals surface area contributed by atoms with E-state index < -0.39 is 0 Å². The maximum absolute atomic E-state index is 4.41. The Morgan fingerprint density at radius 2 is 2.11 bits per heavy atom. The van der Waals surface area contributed by atoms with Gasteiger partial charge in [-0.05, 0) is 12.8 Å². The monoisotopic (exact) mass is 275 g/mol. The summed E-state index contributed by atoms with van der Waals surface area (Å²) in [6.07, 6.45) is 6.40. The van der Waals surface area contributed by atoms with Crippen molar-refractivity contribution in [2.75, 3.05) is 11.9 Å². The van der Waals surface area contributed by atoms with E-state index in [0.29, 0.717) is 6.04 Å². The van der Waals surface area contributed by atoms with Crippen molar-refractivity contribution in [1.29, 1.82) is 0 Å². The smallest absolute Gasteiger partial charge is 0.225 e. The van der Waals surface area contributed by atoms with E-state index in [9.17, 15) is 0 Å². The lowest BCUT2D eigenvalue weighted by Crippen LogP contribution is -2.20. The Morgan fingerprint density at radius 1 is 1.32 bits per heavy atom. The number of nitrogens with zero attached hydrogens (tertiary/aromatic N) is 4. The lowest BCUT2D eigenvalue weighted by Gasteiger charge is -2.15. The number of aromatic nitrogens is 3. The second-order valence-corrected chi connectivity index (χ2v) is 5.60. The average Bonchev–Trinajstić information content (AvgIpc) is 3.13. The summed E-state index contributed by atoms with van der Waals surface area (Å²) < 4.78 is 0. The van der Waals surface area contributed by atoms with Crippen molar-refractivity contribution in [2.24, 2.45) is 0 Å². The Morgan fingerprint density at radius 3 is 2.74 bits per heavy atom. The summed E-state index contributed by atoms with van der Waals surface area (Å²) in [6.45, 7) is 1.60. The highest BCUT2D eigenvalue weighted by atomic mass is 32.1. The Labute approximate surface area is 116 Å². The summed E-state index contributed by atoms with van der Waals surface area (Å²) in [5.74, 6) is 0.739. The van der Waals surface area contributed by atoms with Crippen LogP contribution in [0, 0.1) is 0 Å². The summed E-state index contributed by atoms with van der Waals surface area (Å²) in [5, 5.41) is 5.50. The van der Waals surface area contributed by atoms with Crippen LogP contribution in [0.3, 0.4) is 0 Å². The molecule has 0 amide bonds. The zero-order valence-electron chi connectivity index (χ0n) is 10.9. The van der Waals surface area contributed by atoms with Crippen LogP contribution in [0.2, 0.25) is 0 Å². The molecule has 1 aliphatic rings. The highest BCUT2D eigenvalue weighted by molar-refractivity contribution is 7.07. The van der Waals surface area contributed by atoms with Gasteiger partial charge < -0.3 is 10.2 Å². The van der Waals surface area contributed by atoms with Crippen molar-refractivity contribution < 1.29 is 0 Å². The van der Waals surface area contributed by atoms with E-state index in [0.717, 1.165) is 30.3 Å². The first-order valence-electron chi connectivity index (χ1n) is 6.44. The van der Waals surface area contributed by atoms with Crippen LogP contribution in [0.15, 0.2) is 23.3 Å². The van der Waals surface area contributed by atoms with E-state index in [-0.39, 0.29) is 0 Å². The molecule has 0 spiro atoms. The molecule has 100 valence electrons. The molecule has 2 aromatic rings. The van der Waals surface area contributed by atoms with Crippen molar-refractivity contribution in [3.05, 3.63) is 34.5 Å². The van der Waals surface area contributed by atoms with Gasteiger partial charge in [0.1, 0.15) is 0 Å². The van der Waals surface area contributed by atoms with Crippen LogP contribution < -0.4 is 10.2 Å². The van der Waals surface area contributed by atoms with Crippen molar-refractivity contribution in [2.45, 2.75) is 32.0 Å². The van der Waals surface area contributed by atoms with Gasteiger partial charge in [-0.1, -0.05) is 0 Å². The first kappa shape index (κ1) is 12.5. The predicted molar refractivity (Wildman–Crippen MR) is 76.1 cm³/mol. The first-order chi connectivity index (χ1) is 9.31. The topological polar surface area (TPSA) is 53.9 Å². The molecule has 19 heavy (non-hydrogen) atoms. The van der Waals surface area contributed by atoms with Crippen LogP contribution in [0.1, 0.15) is 24.1 Å². The molecule has 0 aromatic carbocycles. The van der Waals surface area contributed by atoms with Gasteiger partial charge in [-0.25, -0.2) is 15.0 Å². The van der Waals surface area contributed by atoms with E-state index in [2.05, 4.69) is 20.3 Å². The largest absolute Gasteiger partial charge is 0.338 e. The predicted octanol–water partition coefficient (Wildman–Crippen LogP) is 1.82. The Kier molecular flexibility index (Phi) is 3.70. The standard InChI is InChI=1S/C13H17N5S/c1-18(7-12-8-19-9-17-12)13-15-5-10(6-16-13)4-14-11-2-3-11/h5-6,8-9,11,14H,2-4,7H2,1H3. The van der Waals surface area contributed by atoms with E-state index in [4.69, 9.17) is 0 Å².